The van der Waals surface area contributed by atoms with Crippen LogP contribution in [-0.2, 0) is 14.6 Å². The van der Waals surface area contributed by atoms with Crippen molar-refractivity contribution >= 4 is 37.9 Å². The highest BCUT2D eigenvalue weighted by Gasteiger charge is 2.40. The zero-order chi connectivity index (χ0) is 22.1. The molecule has 5 aromatic rings. The van der Waals surface area contributed by atoms with E-state index >= 15 is 0 Å². The van der Waals surface area contributed by atoms with E-state index in [4.69, 9.17) is 0 Å². The van der Waals surface area contributed by atoms with E-state index < -0.39 is 21.0 Å². The molecule has 32 heavy (non-hydrogen) atoms. The summed E-state index contributed by atoms with van der Waals surface area (Å²) in [6.07, 6.45) is 0.704. The molecule has 6 heteroatoms. The number of carbonyl (C=O) groups excluding carboxylic acids is 1. The van der Waals surface area contributed by atoms with Crippen molar-refractivity contribution in [1.29, 1.82) is 0 Å². The number of nitrogens with zero attached hydrogens (tertiary/aromatic N) is 1. The number of aromatic amines is 1. The van der Waals surface area contributed by atoms with E-state index in [1.807, 2.05) is 54.6 Å². The summed E-state index contributed by atoms with van der Waals surface area (Å²) in [6.45, 7) is 0. The van der Waals surface area contributed by atoms with Gasteiger partial charge in [-0.1, -0.05) is 78.9 Å². The lowest BCUT2D eigenvalue weighted by Gasteiger charge is -2.23. The van der Waals surface area contributed by atoms with Gasteiger partial charge in [-0.25, -0.2) is 13.4 Å². The van der Waals surface area contributed by atoms with Crippen LogP contribution in [0.1, 0.15) is 22.6 Å². The zero-order valence-electron chi connectivity index (χ0n) is 17.0. The number of aromatic nitrogens is 2. The molecular formula is C26H20N2O3S. The average Bonchev–Trinajstić information content (AvgIpc) is 3.25. The molecule has 1 N–H and O–H groups in total. The predicted octanol–water partition coefficient (Wildman–Crippen LogP) is 5.21. The van der Waals surface area contributed by atoms with Crippen molar-refractivity contribution in [3.05, 3.63) is 108 Å². The molecule has 5 nitrogen and oxygen atoms in total. The SMILES string of the molecule is O=CC(c1ccccc1)C(c1nc2ccccc2[nH]1)S(=O)(=O)c1cccc2ccccc12. The maximum atomic E-state index is 14.2. The van der Waals surface area contributed by atoms with Crippen molar-refractivity contribution in [1.82, 2.24) is 9.97 Å². The molecule has 0 fully saturated rings. The number of benzene rings is 4. The van der Waals surface area contributed by atoms with Crippen LogP contribution in [0.3, 0.4) is 0 Å². The van der Waals surface area contributed by atoms with Gasteiger partial charge in [0.2, 0.25) is 0 Å². The fourth-order valence-corrected chi connectivity index (χ4v) is 6.24. The third-order valence-electron chi connectivity index (χ3n) is 5.72. The van der Waals surface area contributed by atoms with E-state index in [2.05, 4.69) is 9.97 Å². The average molecular weight is 441 g/mol. The molecular weight excluding hydrogens is 420 g/mol. The van der Waals surface area contributed by atoms with Gasteiger partial charge in [-0.05, 0) is 29.1 Å². The molecule has 0 aliphatic rings. The smallest absolute Gasteiger partial charge is 0.190 e. The fraction of sp³-hybridized carbons (Fsp3) is 0.0769. The minimum absolute atomic E-state index is 0.184. The highest BCUT2D eigenvalue weighted by Crippen LogP contribution is 2.41. The Hall–Kier alpha value is -3.77. The second-order valence-corrected chi connectivity index (χ2v) is 9.69. The van der Waals surface area contributed by atoms with Crippen LogP contribution in [0.4, 0.5) is 0 Å². The molecule has 5 rings (SSSR count). The molecule has 0 amide bonds. The van der Waals surface area contributed by atoms with E-state index in [1.165, 1.54) is 0 Å². The van der Waals surface area contributed by atoms with E-state index in [0.717, 1.165) is 10.9 Å². The number of hydrogen-bond acceptors (Lipinski definition) is 4. The van der Waals surface area contributed by atoms with Crippen molar-refractivity contribution in [2.45, 2.75) is 16.1 Å². The summed E-state index contributed by atoms with van der Waals surface area (Å²) in [5.41, 5.74) is 1.99. The van der Waals surface area contributed by atoms with Gasteiger partial charge in [0.25, 0.3) is 0 Å². The van der Waals surface area contributed by atoms with Crippen LogP contribution in [0.25, 0.3) is 21.8 Å². The standard InChI is InChI=1S/C26H20N2O3S/c29-17-21(19-9-2-1-3-10-19)25(26-27-22-14-6-7-15-23(22)28-26)32(30,31)24-16-8-12-18-11-4-5-13-20(18)24/h1-17,21,25H,(H,27,28). The number of H-pyrrole nitrogens is 1. The Morgan fingerprint density at radius 3 is 2.25 bits per heavy atom. The summed E-state index contributed by atoms with van der Waals surface area (Å²) < 4.78 is 28.4. The molecule has 0 radical (unpaired) electrons. The Balaban J connectivity index is 1.78. The Morgan fingerprint density at radius 2 is 1.47 bits per heavy atom. The number of rotatable bonds is 6. The van der Waals surface area contributed by atoms with Crippen LogP contribution >= 0.6 is 0 Å². The van der Waals surface area contributed by atoms with Gasteiger partial charge in [-0.15, -0.1) is 0 Å². The number of sulfone groups is 1. The number of fused-ring (bicyclic) bond motifs is 2. The number of para-hydroxylation sites is 2. The van der Waals surface area contributed by atoms with Crippen LogP contribution in [0, 0.1) is 0 Å². The quantitative estimate of drug-likeness (QED) is 0.368. The molecule has 158 valence electrons. The van der Waals surface area contributed by atoms with Crippen molar-refractivity contribution in [2.75, 3.05) is 0 Å². The van der Waals surface area contributed by atoms with Crippen molar-refractivity contribution in [3.8, 4) is 0 Å². The first kappa shape index (κ1) is 20.2. The van der Waals surface area contributed by atoms with Crippen molar-refractivity contribution < 1.29 is 13.2 Å². The number of imidazole rings is 1. The monoisotopic (exact) mass is 440 g/mol. The Kier molecular flexibility index (Phi) is 5.07. The van der Waals surface area contributed by atoms with Gasteiger partial charge in [0.1, 0.15) is 17.4 Å². The molecule has 0 saturated carbocycles. The Bertz CT molecular complexity index is 1490. The highest BCUT2D eigenvalue weighted by atomic mass is 32.2. The van der Waals surface area contributed by atoms with Crippen LogP contribution < -0.4 is 0 Å². The van der Waals surface area contributed by atoms with E-state index in [0.29, 0.717) is 22.8 Å². The number of hydrogen-bond donors (Lipinski definition) is 1. The van der Waals surface area contributed by atoms with Gasteiger partial charge in [0, 0.05) is 5.39 Å². The summed E-state index contributed by atoms with van der Waals surface area (Å²) in [5, 5.41) is 0.230. The summed E-state index contributed by atoms with van der Waals surface area (Å²) in [4.78, 5) is 20.3. The van der Waals surface area contributed by atoms with Gasteiger partial charge >= 0.3 is 0 Å². The molecule has 1 aromatic heterocycles. The largest absolute Gasteiger partial charge is 0.341 e. The molecule has 0 aliphatic heterocycles. The molecule has 2 atom stereocenters. The maximum absolute atomic E-state index is 14.2. The zero-order valence-corrected chi connectivity index (χ0v) is 17.9. The molecule has 0 bridgehead atoms. The highest BCUT2D eigenvalue weighted by molar-refractivity contribution is 7.92. The number of carbonyl (C=O) groups is 1. The van der Waals surface area contributed by atoms with Crippen LogP contribution in [-0.4, -0.2) is 24.7 Å². The first-order valence-corrected chi connectivity index (χ1v) is 11.8. The lowest BCUT2D eigenvalue weighted by atomic mass is 9.96. The molecule has 4 aromatic carbocycles. The van der Waals surface area contributed by atoms with Crippen molar-refractivity contribution in [2.24, 2.45) is 0 Å². The maximum Gasteiger partial charge on any atom is 0.190 e. The Morgan fingerprint density at radius 1 is 0.781 bits per heavy atom. The molecule has 0 saturated heterocycles. The lowest BCUT2D eigenvalue weighted by Crippen LogP contribution is -2.24. The second-order valence-electron chi connectivity index (χ2n) is 7.65. The molecule has 0 aliphatic carbocycles. The molecule has 2 unspecified atom stereocenters. The van der Waals surface area contributed by atoms with E-state index in [-0.39, 0.29) is 10.7 Å². The third kappa shape index (κ3) is 3.39. The second kappa shape index (κ2) is 8.05. The molecule has 0 spiro atoms. The lowest BCUT2D eigenvalue weighted by molar-refractivity contribution is -0.109. The van der Waals surface area contributed by atoms with Gasteiger partial charge in [-0.3, -0.25) is 0 Å². The number of aldehydes is 1. The first-order valence-electron chi connectivity index (χ1n) is 10.3. The summed E-state index contributed by atoms with van der Waals surface area (Å²) in [6, 6.07) is 28.9. The van der Waals surface area contributed by atoms with Gasteiger partial charge < -0.3 is 9.78 Å². The van der Waals surface area contributed by atoms with E-state index in [9.17, 15) is 13.2 Å². The molecule has 1 heterocycles. The van der Waals surface area contributed by atoms with E-state index in [1.54, 1.807) is 42.5 Å². The van der Waals surface area contributed by atoms with Crippen LogP contribution in [0.15, 0.2) is 102 Å². The van der Waals surface area contributed by atoms with Crippen LogP contribution in [0.2, 0.25) is 0 Å². The fourth-order valence-electron chi connectivity index (χ4n) is 4.20. The van der Waals surface area contributed by atoms with Crippen molar-refractivity contribution in [3.63, 3.8) is 0 Å². The van der Waals surface area contributed by atoms with Gasteiger partial charge in [0.15, 0.2) is 9.84 Å². The summed E-state index contributed by atoms with van der Waals surface area (Å²) in [7, 11) is -4.01. The van der Waals surface area contributed by atoms with Gasteiger partial charge in [0.05, 0.1) is 21.8 Å². The summed E-state index contributed by atoms with van der Waals surface area (Å²) in [5.74, 6) is -0.680. The third-order valence-corrected chi connectivity index (χ3v) is 7.88. The van der Waals surface area contributed by atoms with Gasteiger partial charge in [-0.2, -0.15) is 0 Å². The Labute approximate surface area is 185 Å². The normalized spacial score (nSPS) is 13.8. The predicted molar refractivity (Wildman–Crippen MR) is 125 cm³/mol. The number of nitrogens with one attached hydrogen (secondary N) is 1. The summed E-state index contributed by atoms with van der Waals surface area (Å²) >= 11 is 0. The first-order chi connectivity index (χ1) is 15.6. The minimum Gasteiger partial charge on any atom is -0.341 e. The van der Waals surface area contributed by atoms with Crippen LogP contribution in [0.5, 0.6) is 0 Å². The topological polar surface area (TPSA) is 79.9 Å². The minimum atomic E-state index is -4.01.